The van der Waals surface area contributed by atoms with Crippen LogP contribution in [0.5, 0.6) is 0 Å². The van der Waals surface area contributed by atoms with Crippen molar-refractivity contribution in [2.45, 2.75) is 6.54 Å². The normalized spacial score (nSPS) is 10.3. The van der Waals surface area contributed by atoms with Gasteiger partial charge in [-0.3, -0.25) is 9.78 Å². The number of hydrogen-bond acceptors (Lipinski definition) is 2. The predicted molar refractivity (Wildman–Crippen MR) is 74.5 cm³/mol. The van der Waals surface area contributed by atoms with E-state index in [-0.39, 0.29) is 18.1 Å². The molecule has 1 heterocycles. The second-order valence-corrected chi connectivity index (χ2v) is 5.13. The third-order valence-corrected chi connectivity index (χ3v) is 3.13. The SMILES string of the molecule is O=C(NCc1cc(Br)ccc1F)c1cc(Cl)ccn1. The average Bonchev–Trinajstić information content (AvgIpc) is 2.39. The average molecular weight is 344 g/mol. The van der Waals surface area contributed by atoms with E-state index in [1.807, 2.05) is 0 Å². The van der Waals surface area contributed by atoms with Gasteiger partial charge in [-0.15, -0.1) is 0 Å². The Morgan fingerprint density at radius 3 is 2.89 bits per heavy atom. The van der Waals surface area contributed by atoms with E-state index in [2.05, 4.69) is 26.2 Å². The standard InChI is InChI=1S/C13H9BrClFN2O/c14-9-1-2-11(16)8(5-9)7-18-13(19)12-6-10(15)3-4-17-12/h1-6H,7H2,(H,18,19). The molecule has 0 radical (unpaired) electrons. The zero-order chi connectivity index (χ0) is 13.8. The summed E-state index contributed by atoms with van der Waals surface area (Å²) in [6.07, 6.45) is 1.44. The van der Waals surface area contributed by atoms with Crippen LogP contribution in [0.2, 0.25) is 5.02 Å². The van der Waals surface area contributed by atoms with Crippen LogP contribution in [0.25, 0.3) is 0 Å². The number of benzene rings is 1. The topological polar surface area (TPSA) is 42.0 Å². The minimum absolute atomic E-state index is 0.0816. The molecule has 1 N–H and O–H groups in total. The molecule has 0 bridgehead atoms. The van der Waals surface area contributed by atoms with Crippen LogP contribution in [0.1, 0.15) is 16.1 Å². The number of aromatic nitrogens is 1. The first-order chi connectivity index (χ1) is 9.06. The van der Waals surface area contributed by atoms with Crippen LogP contribution < -0.4 is 5.32 Å². The van der Waals surface area contributed by atoms with Crippen molar-refractivity contribution in [2.75, 3.05) is 0 Å². The summed E-state index contributed by atoms with van der Waals surface area (Å²) in [5, 5.41) is 3.01. The Morgan fingerprint density at radius 1 is 1.37 bits per heavy atom. The van der Waals surface area contributed by atoms with Crippen LogP contribution in [-0.4, -0.2) is 10.9 Å². The van der Waals surface area contributed by atoms with Gasteiger partial charge in [0, 0.05) is 27.8 Å². The Hall–Kier alpha value is -1.46. The molecule has 98 valence electrons. The van der Waals surface area contributed by atoms with Crippen molar-refractivity contribution < 1.29 is 9.18 Å². The summed E-state index contributed by atoms with van der Waals surface area (Å²) in [5.41, 5.74) is 0.590. The maximum absolute atomic E-state index is 13.5. The van der Waals surface area contributed by atoms with Crippen LogP contribution in [-0.2, 0) is 6.54 Å². The lowest BCUT2D eigenvalue weighted by molar-refractivity contribution is 0.0945. The first-order valence-corrected chi connectivity index (χ1v) is 6.57. The van der Waals surface area contributed by atoms with E-state index in [0.29, 0.717) is 10.6 Å². The smallest absolute Gasteiger partial charge is 0.270 e. The summed E-state index contributed by atoms with van der Waals surface area (Å²) in [4.78, 5) is 15.7. The van der Waals surface area contributed by atoms with Gasteiger partial charge in [-0.05, 0) is 30.3 Å². The van der Waals surface area contributed by atoms with E-state index in [1.165, 1.54) is 18.3 Å². The van der Waals surface area contributed by atoms with E-state index in [1.54, 1.807) is 18.2 Å². The van der Waals surface area contributed by atoms with Gasteiger partial charge in [0.2, 0.25) is 0 Å². The number of rotatable bonds is 3. The highest BCUT2D eigenvalue weighted by atomic mass is 79.9. The number of halogens is 3. The van der Waals surface area contributed by atoms with Crippen LogP contribution in [0.3, 0.4) is 0 Å². The number of carbonyl (C=O) groups excluding carboxylic acids is 1. The molecular weight excluding hydrogens is 335 g/mol. The summed E-state index contributed by atoms with van der Waals surface area (Å²) >= 11 is 9.01. The van der Waals surface area contributed by atoms with Gasteiger partial charge in [0.1, 0.15) is 11.5 Å². The van der Waals surface area contributed by atoms with E-state index < -0.39 is 5.91 Å². The number of nitrogens with zero attached hydrogens (tertiary/aromatic N) is 1. The molecular formula is C13H9BrClFN2O. The first-order valence-electron chi connectivity index (χ1n) is 5.40. The zero-order valence-electron chi connectivity index (χ0n) is 9.66. The highest BCUT2D eigenvalue weighted by Crippen LogP contribution is 2.15. The van der Waals surface area contributed by atoms with E-state index in [0.717, 1.165) is 4.47 Å². The van der Waals surface area contributed by atoms with Crippen LogP contribution in [0, 0.1) is 5.82 Å². The lowest BCUT2D eigenvalue weighted by Gasteiger charge is -2.06. The summed E-state index contributed by atoms with van der Waals surface area (Å²) < 4.78 is 14.2. The molecule has 3 nitrogen and oxygen atoms in total. The van der Waals surface area contributed by atoms with Gasteiger partial charge in [-0.25, -0.2) is 4.39 Å². The predicted octanol–water partition coefficient (Wildman–Crippen LogP) is 3.57. The van der Waals surface area contributed by atoms with Crippen molar-refractivity contribution in [1.29, 1.82) is 0 Å². The molecule has 2 rings (SSSR count). The van der Waals surface area contributed by atoms with Crippen LogP contribution >= 0.6 is 27.5 Å². The Labute approximate surface area is 122 Å². The Bertz CT molecular complexity index is 621. The second kappa shape index (κ2) is 6.12. The number of hydrogen-bond donors (Lipinski definition) is 1. The highest BCUT2D eigenvalue weighted by Gasteiger charge is 2.09. The minimum Gasteiger partial charge on any atom is -0.347 e. The second-order valence-electron chi connectivity index (χ2n) is 3.78. The third-order valence-electron chi connectivity index (χ3n) is 2.40. The fraction of sp³-hybridized carbons (Fsp3) is 0.0769. The molecule has 0 saturated carbocycles. The molecule has 1 aromatic carbocycles. The van der Waals surface area contributed by atoms with E-state index in [4.69, 9.17) is 11.6 Å². The van der Waals surface area contributed by atoms with Crippen molar-refractivity contribution in [3.8, 4) is 0 Å². The third kappa shape index (κ3) is 3.75. The molecule has 19 heavy (non-hydrogen) atoms. The van der Waals surface area contributed by atoms with Gasteiger partial charge in [-0.1, -0.05) is 27.5 Å². The molecule has 0 saturated heterocycles. The van der Waals surface area contributed by atoms with Gasteiger partial charge < -0.3 is 5.32 Å². The Kier molecular flexibility index (Phi) is 4.50. The van der Waals surface area contributed by atoms with Gasteiger partial charge in [0.15, 0.2) is 0 Å². The number of nitrogens with one attached hydrogen (secondary N) is 1. The summed E-state index contributed by atoms with van der Waals surface area (Å²) in [7, 11) is 0. The monoisotopic (exact) mass is 342 g/mol. The molecule has 0 fully saturated rings. The van der Waals surface area contributed by atoms with Crippen molar-refractivity contribution >= 4 is 33.4 Å². The zero-order valence-corrected chi connectivity index (χ0v) is 12.0. The van der Waals surface area contributed by atoms with Crippen LogP contribution in [0.4, 0.5) is 4.39 Å². The molecule has 1 aromatic heterocycles. The molecule has 6 heteroatoms. The summed E-state index contributed by atoms with van der Waals surface area (Å²) in [6.45, 7) is 0.0816. The fourth-order valence-corrected chi connectivity index (χ4v) is 2.04. The quantitative estimate of drug-likeness (QED) is 0.926. The minimum atomic E-state index is -0.401. The van der Waals surface area contributed by atoms with Crippen molar-refractivity contribution in [3.05, 3.63) is 63.1 Å². The summed E-state index contributed by atoms with van der Waals surface area (Å²) in [5.74, 6) is -0.774. The first kappa shape index (κ1) is 14.0. The number of amides is 1. The number of pyridine rings is 1. The molecule has 1 amide bonds. The van der Waals surface area contributed by atoms with Crippen LogP contribution in [0.15, 0.2) is 41.0 Å². The van der Waals surface area contributed by atoms with Crippen molar-refractivity contribution in [1.82, 2.24) is 10.3 Å². The van der Waals surface area contributed by atoms with E-state index >= 15 is 0 Å². The molecule has 0 spiro atoms. The maximum Gasteiger partial charge on any atom is 0.270 e. The van der Waals surface area contributed by atoms with Gasteiger partial charge in [0.05, 0.1) is 0 Å². The van der Waals surface area contributed by atoms with Crippen molar-refractivity contribution in [3.63, 3.8) is 0 Å². The van der Waals surface area contributed by atoms with Crippen molar-refractivity contribution in [2.24, 2.45) is 0 Å². The maximum atomic E-state index is 13.5. The fourth-order valence-electron chi connectivity index (χ4n) is 1.47. The lowest BCUT2D eigenvalue weighted by Crippen LogP contribution is -2.24. The van der Waals surface area contributed by atoms with Gasteiger partial charge in [-0.2, -0.15) is 0 Å². The largest absolute Gasteiger partial charge is 0.347 e. The molecule has 0 atom stereocenters. The van der Waals surface area contributed by atoms with E-state index in [9.17, 15) is 9.18 Å². The highest BCUT2D eigenvalue weighted by molar-refractivity contribution is 9.10. The molecule has 0 unspecified atom stereocenters. The Morgan fingerprint density at radius 2 is 2.16 bits per heavy atom. The molecule has 0 aliphatic heterocycles. The summed E-state index contributed by atoms with van der Waals surface area (Å²) in [6, 6.07) is 7.57. The lowest BCUT2D eigenvalue weighted by atomic mass is 10.2. The molecule has 0 aliphatic carbocycles. The van der Waals surface area contributed by atoms with Gasteiger partial charge >= 0.3 is 0 Å². The molecule has 0 aliphatic rings. The Balaban J connectivity index is 2.06. The van der Waals surface area contributed by atoms with Gasteiger partial charge in [0.25, 0.3) is 5.91 Å². The number of carbonyl (C=O) groups is 1. The molecule has 2 aromatic rings.